The van der Waals surface area contributed by atoms with E-state index in [0.29, 0.717) is 18.0 Å². The van der Waals surface area contributed by atoms with Gasteiger partial charge < -0.3 is 15.8 Å². The first kappa shape index (κ1) is 12.3. The van der Waals surface area contributed by atoms with Crippen molar-refractivity contribution in [1.82, 2.24) is 14.6 Å². The number of nitrogens with zero attached hydrogens (tertiary/aromatic N) is 3. The number of rotatable bonds is 4. The lowest BCUT2D eigenvalue weighted by Gasteiger charge is -2.09. The van der Waals surface area contributed by atoms with Gasteiger partial charge >= 0.3 is 0 Å². The second-order valence-corrected chi connectivity index (χ2v) is 4.38. The minimum absolute atomic E-state index is 0.631. The molecular weight excluding hydrogens is 254 g/mol. The molecule has 1 aromatic carbocycles. The summed E-state index contributed by atoms with van der Waals surface area (Å²) >= 11 is 0. The molecule has 6 nitrogen and oxygen atoms in total. The van der Waals surface area contributed by atoms with Crippen LogP contribution in [0.4, 0.5) is 11.5 Å². The molecule has 6 heteroatoms. The maximum Gasteiger partial charge on any atom is 0.157 e. The molecule has 3 rings (SSSR count). The maximum atomic E-state index is 5.88. The van der Waals surface area contributed by atoms with Crippen molar-refractivity contribution in [2.45, 2.75) is 6.54 Å². The van der Waals surface area contributed by atoms with E-state index in [1.54, 1.807) is 17.8 Å². The number of anilines is 2. The molecule has 0 aliphatic heterocycles. The molecule has 2 aromatic heterocycles. The zero-order valence-electron chi connectivity index (χ0n) is 11.1. The Labute approximate surface area is 116 Å². The molecule has 0 saturated heterocycles. The van der Waals surface area contributed by atoms with E-state index in [0.717, 1.165) is 17.0 Å². The summed E-state index contributed by atoms with van der Waals surface area (Å²) in [5.74, 6) is 1.49. The van der Waals surface area contributed by atoms with E-state index in [4.69, 9.17) is 10.5 Å². The molecule has 0 fully saturated rings. The topological polar surface area (TPSA) is 77.5 Å². The molecule has 0 atom stereocenters. The molecule has 0 saturated carbocycles. The van der Waals surface area contributed by atoms with Gasteiger partial charge in [0.05, 0.1) is 19.0 Å². The van der Waals surface area contributed by atoms with E-state index in [1.165, 1.54) is 0 Å². The quantitative estimate of drug-likeness (QED) is 0.708. The normalized spacial score (nSPS) is 10.7. The monoisotopic (exact) mass is 269 g/mol. The third-order valence-corrected chi connectivity index (χ3v) is 3.03. The second-order valence-electron chi connectivity index (χ2n) is 4.38. The first-order chi connectivity index (χ1) is 9.76. The van der Waals surface area contributed by atoms with Gasteiger partial charge in [-0.3, -0.25) is 0 Å². The molecule has 2 heterocycles. The summed E-state index contributed by atoms with van der Waals surface area (Å²) in [6, 6.07) is 9.46. The molecule has 0 radical (unpaired) electrons. The van der Waals surface area contributed by atoms with E-state index >= 15 is 0 Å². The largest absolute Gasteiger partial charge is 0.495 e. The van der Waals surface area contributed by atoms with Crippen LogP contribution >= 0.6 is 0 Å². The molecule has 0 aliphatic rings. The van der Waals surface area contributed by atoms with Crippen LogP contribution in [0.3, 0.4) is 0 Å². The summed E-state index contributed by atoms with van der Waals surface area (Å²) in [6.45, 7) is 0.644. The zero-order valence-corrected chi connectivity index (χ0v) is 11.1. The Kier molecular flexibility index (Phi) is 3.12. The summed E-state index contributed by atoms with van der Waals surface area (Å²) in [6.07, 6.45) is 3.59. The molecule has 20 heavy (non-hydrogen) atoms. The fourth-order valence-corrected chi connectivity index (χ4v) is 2.00. The van der Waals surface area contributed by atoms with Crippen molar-refractivity contribution in [3.63, 3.8) is 0 Å². The average molecular weight is 269 g/mol. The highest BCUT2D eigenvalue weighted by molar-refractivity contribution is 5.55. The predicted molar refractivity (Wildman–Crippen MR) is 77.7 cm³/mol. The van der Waals surface area contributed by atoms with E-state index in [-0.39, 0.29) is 0 Å². The molecular formula is C14H15N5O. The zero-order chi connectivity index (χ0) is 13.9. The molecule has 3 aromatic rings. The Bertz CT molecular complexity index is 737. The standard InChI is InChI=1S/C14H15N5O/c1-20-12-3-2-10(8-11(12)15)9-16-13-5-7-19-14(18-13)4-6-17-19/h2-8H,9,15H2,1H3,(H,16,18). The number of benzene rings is 1. The van der Waals surface area contributed by atoms with Gasteiger partial charge in [0, 0.05) is 18.8 Å². The summed E-state index contributed by atoms with van der Waals surface area (Å²) < 4.78 is 6.85. The minimum atomic E-state index is 0.631. The number of nitrogen functional groups attached to an aromatic ring is 1. The third-order valence-electron chi connectivity index (χ3n) is 3.03. The van der Waals surface area contributed by atoms with Crippen molar-refractivity contribution in [3.8, 4) is 5.75 Å². The number of methoxy groups -OCH3 is 1. The second kappa shape index (κ2) is 5.08. The number of ether oxygens (including phenoxy) is 1. The Morgan fingerprint density at radius 1 is 1.30 bits per heavy atom. The molecule has 102 valence electrons. The number of nitrogens with one attached hydrogen (secondary N) is 1. The van der Waals surface area contributed by atoms with Crippen LogP contribution in [0.2, 0.25) is 0 Å². The van der Waals surface area contributed by atoms with Gasteiger partial charge in [0.15, 0.2) is 5.65 Å². The fourth-order valence-electron chi connectivity index (χ4n) is 2.00. The van der Waals surface area contributed by atoms with Gasteiger partial charge in [-0.25, -0.2) is 9.50 Å². The summed E-state index contributed by atoms with van der Waals surface area (Å²) in [4.78, 5) is 4.44. The van der Waals surface area contributed by atoms with Crippen molar-refractivity contribution in [2.75, 3.05) is 18.2 Å². The minimum Gasteiger partial charge on any atom is -0.495 e. The maximum absolute atomic E-state index is 5.88. The molecule has 0 aliphatic carbocycles. The van der Waals surface area contributed by atoms with Crippen molar-refractivity contribution < 1.29 is 4.74 Å². The van der Waals surface area contributed by atoms with Crippen molar-refractivity contribution >= 4 is 17.2 Å². The van der Waals surface area contributed by atoms with Gasteiger partial charge in [-0.2, -0.15) is 5.10 Å². The Balaban J connectivity index is 1.73. The SMILES string of the molecule is COc1ccc(CNc2ccn3nccc3n2)cc1N. The van der Waals surface area contributed by atoms with Crippen LogP contribution in [0.1, 0.15) is 5.56 Å². The molecule has 0 unspecified atom stereocenters. The van der Waals surface area contributed by atoms with Crippen LogP contribution in [-0.2, 0) is 6.54 Å². The number of hydrogen-bond acceptors (Lipinski definition) is 5. The predicted octanol–water partition coefficient (Wildman–Crippen LogP) is 1.93. The van der Waals surface area contributed by atoms with Gasteiger partial charge in [0.1, 0.15) is 11.6 Å². The van der Waals surface area contributed by atoms with E-state index in [9.17, 15) is 0 Å². The van der Waals surface area contributed by atoms with E-state index in [1.807, 2.05) is 36.5 Å². The highest BCUT2D eigenvalue weighted by atomic mass is 16.5. The van der Waals surface area contributed by atoms with Crippen molar-refractivity contribution in [3.05, 3.63) is 48.3 Å². The summed E-state index contributed by atoms with van der Waals surface area (Å²) in [5, 5.41) is 7.36. The smallest absolute Gasteiger partial charge is 0.157 e. The van der Waals surface area contributed by atoms with Gasteiger partial charge in [-0.15, -0.1) is 0 Å². The van der Waals surface area contributed by atoms with Crippen molar-refractivity contribution in [2.24, 2.45) is 0 Å². The van der Waals surface area contributed by atoms with E-state index in [2.05, 4.69) is 15.4 Å². The van der Waals surface area contributed by atoms with Gasteiger partial charge in [-0.05, 0) is 23.8 Å². The van der Waals surface area contributed by atoms with Crippen LogP contribution in [0.15, 0.2) is 42.7 Å². The Morgan fingerprint density at radius 3 is 3.00 bits per heavy atom. The van der Waals surface area contributed by atoms with Crippen molar-refractivity contribution in [1.29, 1.82) is 0 Å². The highest BCUT2D eigenvalue weighted by Gasteiger charge is 2.02. The number of hydrogen-bond donors (Lipinski definition) is 2. The lowest BCUT2D eigenvalue weighted by atomic mass is 10.2. The van der Waals surface area contributed by atoms with Crippen LogP contribution in [0.25, 0.3) is 5.65 Å². The first-order valence-electron chi connectivity index (χ1n) is 6.23. The number of nitrogens with two attached hydrogens (primary N) is 1. The Morgan fingerprint density at radius 2 is 2.20 bits per heavy atom. The molecule has 0 spiro atoms. The molecule has 0 amide bonds. The molecule has 3 N–H and O–H groups in total. The van der Waals surface area contributed by atoms with Crippen LogP contribution < -0.4 is 15.8 Å². The van der Waals surface area contributed by atoms with E-state index < -0.39 is 0 Å². The average Bonchev–Trinajstić information content (AvgIpc) is 2.92. The van der Waals surface area contributed by atoms with Gasteiger partial charge in [-0.1, -0.05) is 6.07 Å². The third kappa shape index (κ3) is 2.35. The first-order valence-corrected chi connectivity index (χ1v) is 6.23. The number of aromatic nitrogens is 3. The fraction of sp³-hybridized carbons (Fsp3) is 0.143. The summed E-state index contributed by atoms with van der Waals surface area (Å²) in [5.41, 5.74) is 8.39. The highest BCUT2D eigenvalue weighted by Crippen LogP contribution is 2.22. The lowest BCUT2D eigenvalue weighted by molar-refractivity contribution is 0.417. The number of fused-ring (bicyclic) bond motifs is 1. The van der Waals surface area contributed by atoms with Crippen LogP contribution in [0, 0.1) is 0 Å². The van der Waals surface area contributed by atoms with Gasteiger partial charge in [0.2, 0.25) is 0 Å². The molecule has 0 bridgehead atoms. The Hall–Kier alpha value is -2.76. The van der Waals surface area contributed by atoms with Crippen LogP contribution in [0.5, 0.6) is 5.75 Å². The lowest BCUT2D eigenvalue weighted by Crippen LogP contribution is -2.03. The van der Waals surface area contributed by atoms with Crippen LogP contribution in [-0.4, -0.2) is 21.7 Å². The summed E-state index contributed by atoms with van der Waals surface area (Å²) in [7, 11) is 1.61. The van der Waals surface area contributed by atoms with Gasteiger partial charge in [0.25, 0.3) is 0 Å².